The van der Waals surface area contributed by atoms with Crippen LogP contribution < -0.4 is 5.32 Å². The number of carboxylic acids is 1. The summed E-state index contributed by atoms with van der Waals surface area (Å²) >= 11 is 0. The van der Waals surface area contributed by atoms with Crippen LogP contribution in [0, 0.1) is 10.1 Å². The van der Waals surface area contributed by atoms with Gasteiger partial charge in [-0.3, -0.25) is 14.9 Å². The number of carbonyl (C=O) groups excluding carboxylic acids is 1. The highest BCUT2D eigenvalue weighted by atomic mass is 16.6. The van der Waals surface area contributed by atoms with Crippen LogP contribution in [-0.2, 0) is 4.79 Å². The second kappa shape index (κ2) is 6.00. The van der Waals surface area contributed by atoms with Crippen LogP contribution in [0.4, 0.5) is 11.4 Å². The summed E-state index contributed by atoms with van der Waals surface area (Å²) in [4.78, 5) is 34.0. The van der Waals surface area contributed by atoms with E-state index in [1.54, 1.807) is 21.0 Å². The quantitative estimate of drug-likeness (QED) is 0.619. The van der Waals surface area contributed by atoms with Crippen molar-refractivity contribution in [1.29, 1.82) is 0 Å². The van der Waals surface area contributed by atoms with Crippen molar-refractivity contribution in [3.8, 4) is 0 Å². The molecule has 8 heteroatoms. The number of hydrogen-bond acceptors (Lipinski definition) is 5. The number of nitro benzene ring substituents is 1. The van der Waals surface area contributed by atoms with E-state index in [0.29, 0.717) is 5.69 Å². The van der Waals surface area contributed by atoms with E-state index in [2.05, 4.69) is 5.32 Å². The van der Waals surface area contributed by atoms with Gasteiger partial charge in [0.2, 0.25) is 5.91 Å². The number of carboxylic acid groups (broad SMARTS) is 1. The Hall–Kier alpha value is -2.64. The number of rotatable bonds is 5. The molecule has 1 aromatic rings. The molecule has 0 aromatic heterocycles. The molecule has 1 atom stereocenters. The minimum atomic E-state index is -1.40. The molecular formula is C12H15N3O5. The normalized spacial score (nSPS) is 11.6. The first-order valence-electron chi connectivity index (χ1n) is 5.73. The SMILES string of the molecule is CC(Nc1ccc([N+](=O)[O-])c(C(=O)O)c1)C(=O)N(C)C. The molecule has 1 rings (SSSR count). The van der Waals surface area contributed by atoms with Gasteiger partial charge in [0.1, 0.15) is 11.6 Å². The van der Waals surface area contributed by atoms with Gasteiger partial charge in [-0.25, -0.2) is 4.79 Å². The Bertz CT molecular complexity index is 556. The molecule has 108 valence electrons. The van der Waals surface area contributed by atoms with Gasteiger partial charge in [-0.2, -0.15) is 0 Å². The van der Waals surface area contributed by atoms with Crippen LogP contribution in [0.3, 0.4) is 0 Å². The molecule has 1 amide bonds. The first-order valence-corrected chi connectivity index (χ1v) is 5.73. The second-order valence-corrected chi connectivity index (χ2v) is 4.39. The molecule has 8 nitrogen and oxygen atoms in total. The van der Waals surface area contributed by atoms with Crippen molar-refractivity contribution in [1.82, 2.24) is 4.90 Å². The van der Waals surface area contributed by atoms with Crippen LogP contribution in [0.15, 0.2) is 18.2 Å². The Morgan fingerprint density at radius 3 is 2.45 bits per heavy atom. The van der Waals surface area contributed by atoms with Gasteiger partial charge in [0.05, 0.1) is 4.92 Å². The smallest absolute Gasteiger partial charge is 0.342 e. The lowest BCUT2D eigenvalue weighted by Crippen LogP contribution is -2.36. The number of aromatic carboxylic acids is 1. The Labute approximate surface area is 115 Å². The first kappa shape index (κ1) is 15.4. The van der Waals surface area contributed by atoms with Crippen molar-refractivity contribution >= 4 is 23.3 Å². The van der Waals surface area contributed by atoms with Gasteiger partial charge >= 0.3 is 5.97 Å². The van der Waals surface area contributed by atoms with Crippen molar-refractivity contribution < 1.29 is 19.6 Å². The number of carbonyl (C=O) groups is 2. The number of benzene rings is 1. The maximum atomic E-state index is 11.7. The molecule has 2 N–H and O–H groups in total. The Balaban J connectivity index is 3.04. The lowest BCUT2D eigenvalue weighted by Gasteiger charge is -2.19. The van der Waals surface area contributed by atoms with Crippen molar-refractivity contribution in [3.05, 3.63) is 33.9 Å². The Kier molecular flexibility index (Phi) is 4.63. The van der Waals surface area contributed by atoms with E-state index in [1.807, 2.05) is 0 Å². The fourth-order valence-electron chi connectivity index (χ4n) is 1.66. The highest BCUT2D eigenvalue weighted by Gasteiger charge is 2.21. The van der Waals surface area contributed by atoms with Gasteiger partial charge in [0.25, 0.3) is 5.69 Å². The molecule has 0 radical (unpaired) electrons. The summed E-state index contributed by atoms with van der Waals surface area (Å²) < 4.78 is 0. The van der Waals surface area contributed by atoms with Crippen LogP contribution in [0.25, 0.3) is 0 Å². The van der Waals surface area contributed by atoms with Crippen molar-refractivity contribution in [2.75, 3.05) is 19.4 Å². The van der Waals surface area contributed by atoms with Crippen LogP contribution in [0.5, 0.6) is 0 Å². The standard InChI is InChI=1S/C12H15N3O5/c1-7(11(16)14(2)3)13-8-4-5-10(15(19)20)9(6-8)12(17)18/h4-7,13H,1-3H3,(H,17,18). The Morgan fingerprint density at radius 1 is 1.40 bits per heavy atom. The van der Waals surface area contributed by atoms with Gasteiger partial charge in [0, 0.05) is 25.8 Å². The first-order chi connectivity index (χ1) is 9.23. The molecule has 0 aliphatic rings. The number of hydrogen-bond donors (Lipinski definition) is 2. The third-order valence-electron chi connectivity index (χ3n) is 2.62. The fourth-order valence-corrected chi connectivity index (χ4v) is 1.66. The lowest BCUT2D eigenvalue weighted by atomic mass is 10.1. The van der Waals surface area contributed by atoms with Crippen LogP contribution >= 0.6 is 0 Å². The summed E-state index contributed by atoms with van der Waals surface area (Å²) in [5, 5.41) is 22.5. The van der Waals surface area contributed by atoms with Crippen LogP contribution in [0.2, 0.25) is 0 Å². The molecule has 0 spiro atoms. The number of nitro groups is 1. The molecular weight excluding hydrogens is 266 g/mol. The lowest BCUT2D eigenvalue weighted by molar-refractivity contribution is -0.385. The van der Waals surface area contributed by atoms with E-state index in [0.717, 1.165) is 12.1 Å². The highest BCUT2D eigenvalue weighted by molar-refractivity contribution is 5.94. The molecule has 0 bridgehead atoms. The second-order valence-electron chi connectivity index (χ2n) is 4.39. The molecule has 20 heavy (non-hydrogen) atoms. The molecule has 0 aliphatic heterocycles. The van der Waals surface area contributed by atoms with Crippen molar-refractivity contribution in [2.24, 2.45) is 0 Å². The zero-order valence-corrected chi connectivity index (χ0v) is 11.3. The largest absolute Gasteiger partial charge is 0.477 e. The van der Waals surface area contributed by atoms with Gasteiger partial charge in [-0.1, -0.05) is 0 Å². The summed E-state index contributed by atoms with van der Waals surface area (Å²) in [6.07, 6.45) is 0. The summed E-state index contributed by atoms with van der Waals surface area (Å²) in [5.41, 5.74) is -0.588. The number of anilines is 1. The third kappa shape index (κ3) is 3.44. The minimum absolute atomic E-state index is 0.194. The maximum absolute atomic E-state index is 11.7. The predicted molar refractivity (Wildman–Crippen MR) is 71.8 cm³/mol. The van der Waals surface area contributed by atoms with E-state index in [9.17, 15) is 19.7 Å². The van der Waals surface area contributed by atoms with E-state index >= 15 is 0 Å². The average Bonchev–Trinajstić information content (AvgIpc) is 2.37. The summed E-state index contributed by atoms with van der Waals surface area (Å²) in [6.45, 7) is 1.62. The average molecular weight is 281 g/mol. The van der Waals surface area contributed by atoms with Crippen LogP contribution in [-0.4, -0.2) is 46.9 Å². The minimum Gasteiger partial charge on any atom is -0.477 e. The summed E-state index contributed by atoms with van der Waals surface area (Å²) in [7, 11) is 3.19. The topological polar surface area (TPSA) is 113 Å². The maximum Gasteiger partial charge on any atom is 0.342 e. The number of likely N-dealkylation sites (N-methyl/N-ethyl adjacent to an activating group) is 1. The van der Waals surface area contributed by atoms with E-state index in [4.69, 9.17) is 5.11 Å². The molecule has 0 saturated heterocycles. The van der Waals surface area contributed by atoms with Gasteiger partial charge < -0.3 is 15.3 Å². The predicted octanol–water partition coefficient (Wildman–Crippen LogP) is 1.18. The zero-order chi connectivity index (χ0) is 15.4. The van der Waals surface area contributed by atoms with Gasteiger partial charge in [-0.05, 0) is 19.1 Å². The zero-order valence-electron chi connectivity index (χ0n) is 11.3. The molecule has 0 saturated carbocycles. The highest BCUT2D eigenvalue weighted by Crippen LogP contribution is 2.23. The molecule has 1 unspecified atom stereocenters. The Morgan fingerprint density at radius 2 is 2.00 bits per heavy atom. The van der Waals surface area contributed by atoms with Gasteiger partial charge in [0.15, 0.2) is 0 Å². The summed E-state index contributed by atoms with van der Waals surface area (Å²) in [5.74, 6) is -1.59. The molecule has 0 heterocycles. The number of nitrogens with zero attached hydrogens (tertiary/aromatic N) is 2. The third-order valence-corrected chi connectivity index (χ3v) is 2.62. The van der Waals surface area contributed by atoms with E-state index in [-0.39, 0.29) is 5.91 Å². The number of nitrogens with one attached hydrogen (secondary N) is 1. The number of amides is 1. The van der Waals surface area contributed by atoms with Crippen molar-refractivity contribution in [3.63, 3.8) is 0 Å². The van der Waals surface area contributed by atoms with Gasteiger partial charge in [-0.15, -0.1) is 0 Å². The van der Waals surface area contributed by atoms with E-state index in [1.165, 1.54) is 11.0 Å². The van der Waals surface area contributed by atoms with E-state index < -0.39 is 28.2 Å². The molecule has 0 aliphatic carbocycles. The monoisotopic (exact) mass is 281 g/mol. The molecule has 0 fully saturated rings. The van der Waals surface area contributed by atoms with Crippen molar-refractivity contribution in [2.45, 2.75) is 13.0 Å². The van der Waals surface area contributed by atoms with Crippen LogP contribution in [0.1, 0.15) is 17.3 Å². The fraction of sp³-hybridized carbons (Fsp3) is 0.333. The molecule has 1 aromatic carbocycles. The summed E-state index contributed by atoms with van der Waals surface area (Å²) in [6, 6.07) is 3.02.